The molecule has 0 aliphatic carbocycles. The number of carboxylic acids is 1. The molecule has 1 fully saturated rings. The summed E-state index contributed by atoms with van der Waals surface area (Å²) in [4.78, 5) is 13.1. The molecule has 1 N–H and O–H groups in total. The van der Waals surface area contributed by atoms with Gasteiger partial charge in [-0.15, -0.1) is 0 Å². The minimum absolute atomic E-state index is 0.352. The van der Waals surface area contributed by atoms with E-state index in [0.29, 0.717) is 25.7 Å². The lowest BCUT2D eigenvalue weighted by Gasteiger charge is -2.40. The summed E-state index contributed by atoms with van der Waals surface area (Å²) in [5.74, 6) is -0.175. The fourth-order valence-corrected chi connectivity index (χ4v) is 1.84. The van der Waals surface area contributed by atoms with Gasteiger partial charge in [0.1, 0.15) is 5.41 Å². The predicted octanol–water partition coefficient (Wildman–Crippen LogP) is 0.675. The summed E-state index contributed by atoms with van der Waals surface area (Å²) >= 11 is 0. The Morgan fingerprint density at radius 3 is 2.43 bits per heavy atom. The fourth-order valence-electron chi connectivity index (χ4n) is 1.84. The molecule has 0 aromatic rings. The Labute approximate surface area is 84.8 Å². The summed E-state index contributed by atoms with van der Waals surface area (Å²) in [6.07, 6.45) is 0. The minimum atomic E-state index is -0.737. The molecule has 0 aromatic carbocycles. The smallest absolute Gasteiger partial charge is 0.315 e. The molecule has 0 aromatic heterocycles. The number of nitrogens with zero attached hydrogens (tertiary/aromatic N) is 1. The van der Waals surface area contributed by atoms with E-state index in [1.807, 2.05) is 7.05 Å². The summed E-state index contributed by atoms with van der Waals surface area (Å²) in [6, 6.07) is 0. The maximum absolute atomic E-state index is 11.0. The van der Waals surface area contributed by atoms with E-state index in [0.717, 1.165) is 6.54 Å². The van der Waals surface area contributed by atoms with Gasteiger partial charge in [0.05, 0.1) is 13.2 Å². The number of aliphatic carboxylic acids is 1. The third-order valence-corrected chi connectivity index (χ3v) is 2.46. The Morgan fingerprint density at radius 1 is 1.57 bits per heavy atom. The van der Waals surface area contributed by atoms with Gasteiger partial charge in [0, 0.05) is 13.1 Å². The predicted molar refractivity (Wildman–Crippen MR) is 53.2 cm³/mol. The van der Waals surface area contributed by atoms with Crippen LogP contribution in [0.1, 0.15) is 13.8 Å². The second kappa shape index (κ2) is 4.28. The number of hydrogen-bond donors (Lipinski definition) is 1. The molecule has 1 heterocycles. The van der Waals surface area contributed by atoms with Gasteiger partial charge in [-0.2, -0.15) is 0 Å². The molecule has 1 rings (SSSR count). The van der Waals surface area contributed by atoms with E-state index >= 15 is 0 Å². The molecular weight excluding hydrogens is 182 g/mol. The first kappa shape index (κ1) is 11.5. The molecule has 0 spiro atoms. The van der Waals surface area contributed by atoms with Crippen LogP contribution in [0.2, 0.25) is 0 Å². The molecule has 0 unspecified atom stereocenters. The molecule has 82 valence electrons. The zero-order chi connectivity index (χ0) is 10.8. The summed E-state index contributed by atoms with van der Waals surface area (Å²) in [5.41, 5.74) is -0.649. The number of rotatable bonds is 5. The van der Waals surface area contributed by atoms with Crippen LogP contribution in [0, 0.1) is 11.3 Å². The lowest BCUT2D eigenvalue weighted by Crippen LogP contribution is -2.55. The molecule has 0 atom stereocenters. The van der Waals surface area contributed by atoms with Gasteiger partial charge in [-0.1, -0.05) is 13.8 Å². The minimum Gasteiger partial charge on any atom is -0.481 e. The normalized spacial score (nSPS) is 19.8. The van der Waals surface area contributed by atoms with E-state index in [-0.39, 0.29) is 0 Å². The van der Waals surface area contributed by atoms with Crippen LogP contribution in [0.25, 0.3) is 0 Å². The third-order valence-electron chi connectivity index (χ3n) is 2.46. The molecule has 1 aliphatic rings. The van der Waals surface area contributed by atoms with Gasteiger partial charge >= 0.3 is 5.97 Å². The molecule has 0 bridgehead atoms. The maximum Gasteiger partial charge on any atom is 0.315 e. The first-order valence-electron chi connectivity index (χ1n) is 4.96. The zero-order valence-electron chi connectivity index (χ0n) is 9.12. The van der Waals surface area contributed by atoms with Crippen molar-refractivity contribution >= 4 is 5.97 Å². The van der Waals surface area contributed by atoms with Crippen molar-refractivity contribution in [3.05, 3.63) is 0 Å². The van der Waals surface area contributed by atoms with Crippen molar-refractivity contribution in [2.75, 3.05) is 33.4 Å². The Hall–Kier alpha value is -0.610. The SMILES string of the molecule is CC(C)CN(C)CC1(C(=O)O)COC1. The van der Waals surface area contributed by atoms with Gasteiger partial charge in [-0.3, -0.25) is 4.79 Å². The van der Waals surface area contributed by atoms with Crippen LogP contribution in [0.5, 0.6) is 0 Å². The van der Waals surface area contributed by atoms with Crippen molar-refractivity contribution in [3.63, 3.8) is 0 Å². The largest absolute Gasteiger partial charge is 0.481 e. The van der Waals surface area contributed by atoms with E-state index in [2.05, 4.69) is 18.7 Å². The van der Waals surface area contributed by atoms with Crippen LogP contribution in [0.4, 0.5) is 0 Å². The van der Waals surface area contributed by atoms with E-state index in [9.17, 15) is 4.79 Å². The second-order valence-electron chi connectivity index (χ2n) is 4.67. The Kier molecular flexibility index (Phi) is 3.50. The van der Waals surface area contributed by atoms with Crippen molar-refractivity contribution in [2.45, 2.75) is 13.8 Å². The number of hydrogen-bond acceptors (Lipinski definition) is 3. The van der Waals surface area contributed by atoms with Gasteiger partial charge in [0.15, 0.2) is 0 Å². The van der Waals surface area contributed by atoms with Crippen molar-refractivity contribution in [1.82, 2.24) is 4.90 Å². The highest BCUT2D eigenvalue weighted by Gasteiger charge is 2.46. The first-order chi connectivity index (χ1) is 6.46. The van der Waals surface area contributed by atoms with Crippen molar-refractivity contribution in [2.24, 2.45) is 11.3 Å². The van der Waals surface area contributed by atoms with Gasteiger partial charge in [-0.05, 0) is 13.0 Å². The average Bonchev–Trinajstić information content (AvgIpc) is 1.94. The second-order valence-corrected chi connectivity index (χ2v) is 4.67. The quantitative estimate of drug-likeness (QED) is 0.710. The third kappa shape index (κ3) is 2.45. The van der Waals surface area contributed by atoms with Gasteiger partial charge in [0.2, 0.25) is 0 Å². The summed E-state index contributed by atoms with van der Waals surface area (Å²) in [5, 5.41) is 9.06. The van der Waals surface area contributed by atoms with E-state index in [1.54, 1.807) is 0 Å². The molecule has 0 amide bonds. The molecule has 4 heteroatoms. The standard InChI is InChI=1S/C10H19NO3/c1-8(2)4-11(3)5-10(9(12)13)6-14-7-10/h8H,4-7H2,1-3H3,(H,12,13). The summed E-state index contributed by atoms with van der Waals surface area (Å²) in [6.45, 7) is 6.47. The maximum atomic E-state index is 11.0. The van der Waals surface area contributed by atoms with Gasteiger partial charge in [-0.25, -0.2) is 0 Å². The molecule has 1 saturated heterocycles. The average molecular weight is 201 g/mol. The molecule has 4 nitrogen and oxygen atoms in total. The summed E-state index contributed by atoms with van der Waals surface area (Å²) in [7, 11) is 1.96. The number of carbonyl (C=O) groups is 1. The van der Waals surface area contributed by atoms with Crippen molar-refractivity contribution in [1.29, 1.82) is 0 Å². The van der Waals surface area contributed by atoms with Gasteiger partial charge in [0.25, 0.3) is 0 Å². The number of carboxylic acid groups (broad SMARTS) is 1. The highest BCUT2D eigenvalue weighted by Crippen LogP contribution is 2.28. The zero-order valence-corrected chi connectivity index (χ0v) is 9.12. The molecule has 1 aliphatic heterocycles. The fraction of sp³-hybridized carbons (Fsp3) is 0.900. The molecular formula is C10H19NO3. The van der Waals surface area contributed by atoms with Crippen LogP contribution in [-0.2, 0) is 9.53 Å². The molecule has 14 heavy (non-hydrogen) atoms. The highest BCUT2D eigenvalue weighted by atomic mass is 16.5. The van der Waals surface area contributed by atoms with Crippen LogP contribution in [-0.4, -0.2) is 49.3 Å². The van der Waals surface area contributed by atoms with Gasteiger partial charge < -0.3 is 14.7 Å². The number of ether oxygens (including phenoxy) is 1. The van der Waals surface area contributed by atoms with Crippen molar-refractivity contribution in [3.8, 4) is 0 Å². The molecule has 0 radical (unpaired) electrons. The monoisotopic (exact) mass is 201 g/mol. The van der Waals surface area contributed by atoms with Crippen LogP contribution in [0.15, 0.2) is 0 Å². The van der Waals surface area contributed by atoms with Crippen LogP contribution in [0.3, 0.4) is 0 Å². The highest BCUT2D eigenvalue weighted by molar-refractivity contribution is 5.76. The topological polar surface area (TPSA) is 49.8 Å². The van der Waals surface area contributed by atoms with E-state index in [4.69, 9.17) is 9.84 Å². The Bertz CT molecular complexity index is 211. The van der Waals surface area contributed by atoms with E-state index < -0.39 is 11.4 Å². The summed E-state index contributed by atoms with van der Waals surface area (Å²) < 4.78 is 5.00. The Morgan fingerprint density at radius 2 is 2.14 bits per heavy atom. The lowest BCUT2D eigenvalue weighted by atomic mass is 9.85. The van der Waals surface area contributed by atoms with Crippen LogP contribution >= 0.6 is 0 Å². The first-order valence-corrected chi connectivity index (χ1v) is 4.96. The van der Waals surface area contributed by atoms with E-state index in [1.165, 1.54) is 0 Å². The van der Waals surface area contributed by atoms with Crippen LogP contribution < -0.4 is 0 Å². The lowest BCUT2D eigenvalue weighted by molar-refractivity contribution is -0.182. The Balaban J connectivity index is 2.44. The molecule has 0 saturated carbocycles. The van der Waals surface area contributed by atoms with Crippen molar-refractivity contribution < 1.29 is 14.6 Å².